The van der Waals surface area contributed by atoms with E-state index in [2.05, 4.69) is 4.99 Å². The summed E-state index contributed by atoms with van der Waals surface area (Å²) in [6.07, 6.45) is 1.55. The highest BCUT2D eigenvalue weighted by Gasteiger charge is 2.20. The van der Waals surface area contributed by atoms with Gasteiger partial charge in [0.1, 0.15) is 13.2 Å². The van der Waals surface area contributed by atoms with Crippen molar-refractivity contribution in [3.8, 4) is 34.6 Å². The normalized spacial score (nSPS) is 14.2. The van der Waals surface area contributed by atoms with E-state index in [1.165, 1.54) is 4.57 Å². The summed E-state index contributed by atoms with van der Waals surface area (Å²) in [5.74, 6) is 2.17. The van der Waals surface area contributed by atoms with Gasteiger partial charge in [-0.05, 0) is 30.3 Å². The second-order valence-corrected chi connectivity index (χ2v) is 7.55. The standard InChI is InChI=1S/C25H18N2O6/c28-24-18-4-2-1-3-17(18)19(13-26-15-5-7-20-22(11-15)31-10-9-30-20)25(29)27(24)16-6-8-21-23(12-16)33-14-32-21/h1-8,11-13,29H,9-10,14H2. The van der Waals surface area contributed by atoms with Crippen LogP contribution >= 0.6 is 0 Å². The number of benzene rings is 3. The van der Waals surface area contributed by atoms with Gasteiger partial charge in [0.2, 0.25) is 12.7 Å². The minimum absolute atomic E-state index is 0.116. The zero-order chi connectivity index (χ0) is 22.4. The van der Waals surface area contributed by atoms with Gasteiger partial charge in [0.05, 0.1) is 16.9 Å². The number of nitrogens with zero attached hydrogens (tertiary/aromatic N) is 2. The molecule has 0 aliphatic carbocycles. The van der Waals surface area contributed by atoms with Crippen LogP contribution in [-0.2, 0) is 0 Å². The number of rotatable bonds is 3. The summed E-state index contributed by atoms with van der Waals surface area (Å²) in [4.78, 5) is 17.8. The van der Waals surface area contributed by atoms with Crippen LogP contribution in [0.1, 0.15) is 5.56 Å². The predicted octanol–water partition coefficient (Wildman–Crippen LogP) is 3.95. The quantitative estimate of drug-likeness (QED) is 0.483. The van der Waals surface area contributed by atoms with Crippen molar-refractivity contribution in [2.24, 2.45) is 4.99 Å². The topological polar surface area (TPSA) is 91.5 Å². The first-order valence-corrected chi connectivity index (χ1v) is 10.4. The fourth-order valence-corrected chi connectivity index (χ4v) is 4.00. The number of hydrogen-bond donors (Lipinski definition) is 1. The van der Waals surface area contributed by atoms with Crippen molar-refractivity contribution in [3.05, 3.63) is 76.6 Å². The summed E-state index contributed by atoms with van der Waals surface area (Å²) in [6.45, 7) is 1.10. The van der Waals surface area contributed by atoms with Crippen LogP contribution in [0.4, 0.5) is 5.69 Å². The summed E-state index contributed by atoms with van der Waals surface area (Å²) in [5, 5.41) is 12.2. The first-order chi connectivity index (χ1) is 16.2. The smallest absolute Gasteiger partial charge is 0.265 e. The van der Waals surface area contributed by atoms with Gasteiger partial charge in [0.25, 0.3) is 5.56 Å². The van der Waals surface area contributed by atoms with Gasteiger partial charge >= 0.3 is 0 Å². The Hall–Kier alpha value is -4.46. The molecule has 3 heterocycles. The van der Waals surface area contributed by atoms with Crippen LogP contribution in [0.25, 0.3) is 16.5 Å². The third kappa shape index (κ3) is 3.23. The third-order valence-electron chi connectivity index (χ3n) is 5.59. The molecular weight excluding hydrogens is 424 g/mol. The van der Waals surface area contributed by atoms with E-state index < -0.39 is 0 Å². The number of hydrogen-bond acceptors (Lipinski definition) is 7. The van der Waals surface area contributed by atoms with Gasteiger partial charge < -0.3 is 24.1 Å². The molecule has 8 heteroatoms. The van der Waals surface area contributed by atoms with E-state index >= 15 is 0 Å². The first kappa shape index (κ1) is 19.2. The van der Waals surface area contributed by atoms with E-state index in [4.69, 9.17) is 18.9 Å². The highest BCUT2D eigenvalue weighted by molar-refractivity contribution is 6.02. The first-order valence-electron chi connectivity index (χ1n) is 10.4. The summed E-state index contributed by atoms with van der Waals surface area (Å²) in [5.41, 5.74) is 1.15. The molecule has 164 valence electrons. The molecule has 0 saturated carbocycles. The molecule has 0 saturated heterocycles. The molecule has 0 amide bonds. The van der Waals surface area contributed by atoms with Crippen LogP contribution in [0.5, 0.6) is 28.9 Å². The maximum atomic E-state index is 13.3. The molecule has 0 bridgehead atoms. The van der Waals surface area contributed by atoms with E-state index in [0.717, 1.165) is 0 Å². The van der Waals surface area contributed by atoms with Gasteiger partial charge in [-0.15, -0.1) is 0 Å². The van der Waals surface area contributed by atoms with E-state index in [1.807, 2.05) is 6.07 Å². The van der Waals surface area contributed by atoms with E-state index in [9.17, 15) is 9.90 Å². The molecule has 4 aromatic rings. The lowest BCUT2D eigenvalue weighted by atomic mass is 10.1. The Balaban J connectivity index is 1.50. The Morgan fingerprint density at radius 3 is 2.39 bits per heavy atom. The number of ether oxygens (including phenoxy) is 4. The van der Waals surface area contributed by atoms with Crippen LogP contribution in [0.3, 0.4) is 0 Å². The van der Waals surface area contributed by atoms with Gasteiger partial charge in [-0.1, -0.05) is 18.2 Å². The van der Waals surface area contributed by atoms with Crippen LogP contribution in [0.15, 0.2) is 70.5 Å². The molecule has 0 atom stereocenters. The van der Waals surface area contributed by atoms with Crippen LogP contribution in [-0.4, -0.2) is 35.9 Å². The summed E-state index contributed by atoms with van der Waals surface area (Å²) < 4.78 is 23.2. The van der Waals surface area contributed by atoms with Gasteiger partial charge in [-0.25, -0.2) is 4.57 Å². The number of aliphatic imine (C=N–C) groups is 1. The molecule has 2 aliphatic heterocycles. The molecule has 1 aromatic heterocycles. The van der Waals surface area contributed by atoms with Crippen molar-refractivity contribution in [1.82, 2.24) is 4.57 Å². The number of aromatic nitrogens is 1. The Morgan fingerprint density at radius 1 is 0.818 bits per heavy atom. The molecule has 0 fully saturated rings. The zero-order valence-corrected chi connectivity index (χ0v) is 17.4. The molecule has 0 spiro atoms. The van der Waals surface area contributed by atoms with Gasteiger partial charge in [0.15, 0.2) is 23.0 Å². The number of fused-ring (bicyclic) bond motifs is 3. The minimum Gasteiger partial charge on any atom is -0.494 e. The SMILES string of the molecule is O=c1c2ccccc2c(C=Nc2ccc3c(c2)OCCO3)c(O)n1-c1ccc2c(c1)OCO2. The highest BCUT2D eigenvalue weighted by Crippen LogP contribution is 2.36. The molecule has 0 unspecified atom stereocenters. The van der Waals surface area contributed by atoms with E-state index in [1.54, 1.807) is 60.8 Å². The van der Waals surface area contributed by atoms with E-state index in [-0.39, 0.29) is 18.2 Å². The average Bonchev–Trinajstić information content (AvgIpc) is 3.32. The summed E-state index contributed by atoms with van der Waals surface area (Å²) in [7, 11) is 0. The maximum absolute atomic E-state index is 13.3. The monoisotopic (exact) mass is 442 g/mol. The molecule has 0 radical (unpaired) electrons. The molecule has 2 aliphatic rings. The van der Waals surface area contributed by atoms with E-state index in [0.29, 0.717) is 63.9 Å². The Kier molecular flexibility index (Phi) is 4.43. The Labute approximate surface area is 187 Å². The van der Waals surface area contributed by atoms with Crippen molar-refractivity contribution in [2.45, 2.75) is 0 Å². The van der Waals surface area contributed by atoms with Crippen LogP contribution in [0, 0.1) is 0 Å². The molecule has 8 nitrogen and oxygen atoms in total. The fourth-order valence-electron chi connectivity index (χ4n) is 4.00. The van der Waals surface area contributed by atoms with Crippen molar-refractivity contribution in [2.75, 3.05) is 20.0 Å². The largest absolute Gasteiger partial charge is 0.494 e. The molecule has 6 rings (SSSR count). The van der Waals surface area contributed by atoms with Crippen LogP contribution in [0.2, 0.25) is 0 Å². The lowest BCUT2D eigenvalue weighted by molar-refractivity contribution is 0.171. The number of pyridine rings is 1. The van der Waals surface area contributed by atoms with Gasteiger partial charge in [0, 0.05) is 29.1 Å². The molecular formula is C25H18N2O6. The molecule has 1 N–H and O–H groups in total. The third-order valence-corrected chi connectivity index (χ3v) is 5.59. The van der Waals surface area contributed by atoms with Crippen molar-refractivity contribution in [1.29, 1.82) is 0 Å². The second kappa shape index (κ2) is 7.59. The Bertz CT molecular complexity index is 1490. The molecule has 33 heavy (non-hydrogen) atoms. The minimum atomic E-state index is -0.349. The summed E-state index contributed by atoms with van der Waals surface area (Å²) >= 11 is 0. The van der Waals surface area contributed by atoms with Crippen molar-refractivity contribution in [3.63, 3.8) is 0 Å². The zero-order valence-electron chi connectivity index (χ0n) is 17.4. The predicted molar refractivity (Wildman–Crippen MR) is 122 cm³/mol. The lowest BCUT2D eigenvalue weighted by Gasteiger charge is -2.18. The van der Waals surface area contributed by atoms with Gasteiger partial charge in [-0.3, -0.25) is 9.79 Å². The van der Waals surface area contributed by atoms with Crippen molar-refractivity contribution < 1.29 is 24.1 Å². The fraction of sp³-hybridized carbons (Fsp3) is 0.120. The maximum Gasteiger partial charge on any atom is 0.265 e. The number of aromatic hydroxyl groups is 1. The highest BCUT2D eigenvalue weighted by atomic mass is 16.7. The van der Waals surface area contributed by atoms with Crippen molar-refractivity contribution >= 4 is 22.7 Å². The molecule has 3 aromatic carbocycles. The summed E-state index contributed by atoms with van der Waals surface area (Å²) in [6, 6.07) is 17.6. The van der Waals surface area contributed by atoms with Crippen LogP contribution < -0.4 is 24.5 Å². The second-order valence-electron chi connectivity index (χ2n) is 7.55. The van der Waals surface area contributed by atoms with Gasteiger partial charge in [-0.2, -0.15) is 0 Å². The Morgan fingerprint density at radius 2 is 1.52 bits per heavy atom. The lowest BCUT2D eigenvalue weighted by Crippen LogP contribution is -2.20. The average molecular weight is 442 g/mol.